The van der Waals surface area contributed by atoms with E-state index >= 15 is 0 Å². The van der Waals surface area contributed by atoms with Gasteiger partial charge in [-0.3, -0.25) is 9.59 Å². The fourth-order valence-electron chi connectivity index (χ4n) is 4.57. The van der Waals surface area contributed by atoms with Crippen LogP contribution < -0.4 is 10.6 Å². The van der Waals surface area contributed by atoms with E-state index in [-0.39, 0.29) is 42.3 Å². The Labute approximate surface area is 203 Å². The van der Waals surface area contributed by atoms with Crippen LogP contribution in [0, 0.1) is 11.8 Å². The first-order valence-electron chi connectivity index (χ1n) is 12.5. The summed E-state index contributed by atoms with van der Waals surface area (Å²) in [7, 11) is -2.09. The summed E-state index contributed by atoms with van der Waals surface area (Å²) in [5.74, 6) is 0.328. The molecule has 2 aliphatic rings. The maximum Gasteiger partial charge on any atom is 0.262 e. The van der Waals surface area contributed by atoms with Crippen molar-refractivity contribution < 1.29 is 18.0 Å². The Morgan fingerprint density at radius 2 is 1.94 bits per heavy atom. The number of likely N-dealkylation sites (tertiary alicyclic amines) is 1. The van der Waals surface area contributed by atoms with Crippen LogP contribution in [0.25, 0.3) is 0 Å². The van der Waals surface area contributed by atoms with Crippen molar-refractivity contribution in [2.45, 2.75) is 56.9 Å². The number of aromatic nitrogens is 2. The van der Waals surface area contributed by atoms with Gasteiger partial charge in [-0.1, -0.05) is 6.92 Å². The molecule has 34 heavy (non-hydrogen) atoms. The Balaban J connectivity index is 1.51. The van der Waals surface area contributed by atoms with Crippen LogP contribution in [0.4, 0.5) is 0 Å². The van der Waals surface area contributed by atoms with Gasteiger partial charge in [-0.25, -0.2) is 13.4 Å². The predicted octanol–water partition coefficient (Wildman–Crippen LogP) is 0.955. The standard InChI is InChI=1S/C23H40N6O4S/c1-19-7-14-28(15-8-19)12-4-10-25-23(31)20-5-3-13-29(16-9-21(30)24-11-6-20)34(32,33)22-17-27(2)18-26-22/h17-20H,3-16H2,1-2H3,(H,24,30)(H,25,31). The van der Waals surface area contributed by atoms with Gasteiger partial charge in [-0.2, -0.15) is 4.31 Å². The number of nitrogens with zero attached hydrogens (tertiary/aromatic N) is 4. The van der Waals surface area contributed by atoms with Crippen LogP contribution in [0.15, 0.2) is 17.6 Å². The minimum absolute atomic E-state index is 0.0140. The molecule has 3 heterocycles. The summed E-state index contributed by atoms with van der Waals surface area (Å²) in [6, 6.07) is 0. The van der Waals surface area contributed by atoms with Crippen LogP contribution in [0.2, 0.25) is 0 Å². The Morgan fingerprint density at radius 1 is 1.18 bits per heavy atom. The summed E-state index contributed by atoms with van der Waals surface area (Å²) < 4.78 is 29.0. The van der Waals surface area contributed by atoms with Gasteiger partial charge in [0.05, 0.1) is 6.33 Å². The number of carbonyl (C=O) groups excluding carboxylic acids is 2. The normalized spacial score (nSPS) is 22.6. The third-order valence-corrected chi connectivity index (χ3v) is 8.63. The van der Waals surface area contributed by atoms with E-state index < -0.39 is 10.0 Å². The fraction of sp³-hybridized carbons (Fsp3) is 0.783. The minimum atomic E-state index is -3.80. The molecule has 0 aromatic carbocycles. The number of aryl methyl sites for hydroxylation is 1. The van der Waals surface area contributed by atoms with Gasteiger partial charge in [0.1, 0.15) is 0 Å². The first-order valence-corrected chi connectivity index (χ1v) is 13.9. The van der Waals surface area contributed by atoms with E-state index in [1.165, 1.54) is 29.7 Å². The Bertz CT molecular complexity index is 910. The number of hydrogen-bond acceptors (Lipinski definition) is 6. The third-order valence-electron chi connectivity index (χ3n) is 6.85. The van der Waals surface area contributed by atoms with Crippen LogP contribution >= 0.6 is 0 Å². The molecule has 0 bridgehead atoms. The molecule has 2 fully saturated rings. The lowest BCUT2D eigenvalue weighted by Crippen LogP contribution is -2.37. The van der Waals surface area contributed by atoms with Gasteiger partial charge in [0.15, 0.2) is 5.03 Å². The lowest BCUT2D eigenvalue weighted by atomic mass is 9.98. The molecule has 0 saturated carbocycles. The summed E-state index contributed by atoms with van der Waals surface area (Å²) in [4.78, 5) is 31.5. The number of nitrogens with one attached hydrogen (secondary N) is 2. The molecule has 2 amide bonds. The highest BCUT2D eigenvalue weighted by Gasteiger charge is 2.28. The molecule has 0 aliphatic carbocycles. The van der Waals surface area contributed by atoms with Crippen molar-refractivity contribution in [1.82, 2.24) is 29.4 Å². The molecule has 2 N–H and O–H groups in total. The summed E-state index contributed by atoms with van der Waals surface area (Å²) in [6.07, 6.45) is 8.05. The molecular formula is C23H40N6O4S. The molecular weight excluding hydrogens is 456 g/mol. The molecule has 2 saturated heterocycles. The predicted molar refractivity (Wildman–Crippen MR) is 129 cm³/mol. The van der Waals surface area contributed by atoms with E-state index in [9.17, 15) is 18.0 Å². The number of rotatable bonds is 7. The maximum atomic E-state index is 13.0. The Morgan fingerprint density at radius 3 is 2.65 bits per heavy atom. The van der Waals surface area contributed by atoms with Crippen molar-refractivity contribution in [2.24, 2.45) is 18.9 Å². The lowest BCUT2D eigenvalue weighted by Gasteiger charge is -2.30. The monoisotopic (exact) mass is 496 g/mol. The molecule has 10 nitrogen and oxygen atoms in total. The van der Waals surface area contributed by atoms with Gasteiger partial charge in [0, 0.05) is 51.8 Å². The Kier molecular flexibility index (Phi) is 9.90. The van der Waals surface area contributed by atoms with Crippen LogP contribution in [-0.2, 0) is 26.7 Å². The first-order chi connectivity index (χ1) is 16.3. The van der Waals surface area contributed by atoms with E-state index in [1.54, 1.807) is 11.6 Å². The molecule has 0 radical (unpaired) electrons. The third kappa shape index (κ3) is 7.78. The number of carbonyl (C=O) groups is 2. The van der Waals surface area contributed by atoms with E-state index in [0.29, 0.717) is 32.4 Å². The lowest BCUT2D eigenvalue weighted by molar-refractivity contribution is -0.126. The van der Waals surface area contributed by atoms with Gasteiger partial charge >= 0.3 is 0 Å². The number of sulfonamides is 1. The van der Waals surface area contributed by atoms with Crippen molar-refractivity contribution >= 4 is 21.8 Å². The zero-order chi connectivity index (χ0) is 24.6. The quantitative estimate of drug-likeness (QED) is 0.543. The molecule has 1 aromatic rings. The van der Waals surface area contributed by atoms with Gasteiger partial charge in [-0.05, 0) is 64.1 Å². The van der Waals surface area contributed by atoms with E-state index in [4.69, 9.17) is 0 Å². The second-order valence-corrected chi connectivity index (χ2v) is 11.6. The second-order valence-electron chi connectivity index (χ2n) is 9.68. The van der Waals surface area contributed by atoms with Crippen molar-refractivity contribution in [1.29, 1.82) is 0 Å². The first kappa shape index (κ1) is 26.6. The zero-order valence-electron chi connectivity index (χ0n) is 20.5. The van der Waals surface area contributed by atoms with Crippen LogP contribution in [0.3, 0.4) is 0 Å². The average molecular weight is 497 g/mol. The minimum Gasteiger partial charge on any atom is -0.356 e. The van der Waals surface area contributed by atoms with Crippen molar-refractivity contribution in [2.75, 3.05) is 45.8 Å². The molecule has 1 aromatic heterocycles. The van der Waals surface area contributed by atoms with Gasteiger partial charge in [0.25, 0.3) is 10.0 Å². The molecule has 11 heteroatoms. The number of amides is 2. The molecule has 0 spiro atoms. The SMILES string of the molecule is CC1CCN(CCCNC(=O)C2CCCN(S(=O)(=O)c3cn(C)cn3)CCC(=O)NCC2)CC1. The van der Waals surface area contributed by atoms with Crippen molar-refractivity contribution in [3.63, 3.8) is 0 Å². The van der Waals surface area contributed by atoms with E-state index in [1.807, 2.05) is 0 Å². The molecule has 1 atom stereocenters. The largest absolute Gasteiger partial charge is 0.356 e. The average Bonchev–Trinajstić information content (AvgIpc) is 3.23. The zero-order valence-corrected chi connectivity index (χ0v) is 21.4. The summed E-state index contributed by atoms with van der Waals surface area (Å²) in [6.45, 7) is 6.96. The molecule has 3 rings (SSSR count). The summed E-state index contributed by atoms with van der Waals surface area (Å²) in [5, 5.41) is 5.86. The highest BCUT2D eigenvalue weighted by Crippen LogP contribution is 2.19. The van der Waals surface area contributed by atoms with Gasteiger partial charge < -0.3 is 20.1 Å². The smallest absolute Gasteiger partial charge is 0.262 e. The summed E-state index contributed by atoms with van der Waals surface area (Å²) in [5.41, 5.74) is 0. The molecule has 1 unspecified atom stereocenters. The number of piperidine rings is 1. The highest BCUT2D eigenvalue weighted by molar-refractivity contribution is 7.89. The topological polar surface area (TPSA) is 117 Å². The van der Waals surface area contributed by atoms with Crippen LogP contribution in [0.5, 0.6) is 0 Å². The van der Waals surface area contributed by atoms with E-state index in [2.05, 4.69) is 27.4 Å². The molecule has 2 aliphatic heterocycles. The second kappa shape index (κ2) is 12.6. The highest BCUT2D eigenvalue weighted by atomic mass is 32.2. The van der Waals surface area contributed by atoms with Crippen LogP contribution in [0.1, 0.15) is 51.9 Å². The van der Waals surface area contributed by atoms with Crippen molar-refractivity contribution in [3.8, 4) is 0 Å². The summed E-state index contributed by atoms with van der Waals surface area (Å²) >= 11 is 0. The van der Waals surface area contributed by atoms with Crippen LogP contribution in [-0.4, -0.2) is 84.8 Å². The van der Waals surface area contributed by atoms with Gasteiger partial charge in [-0.15, -0.1) is 0 Å². The number of imidazole rings is 1. The van der Waals surface area contributed by atoms with Gasteiger partial charge in [0.2, 0.25) is 11.8 Å². The maximum absolute atomic E-state index is 13.0. The Hall–Kier alpha value is -1.98. The number of hydrogen-bond donors (Lipinski definition) is 2. The van der Waals surface area contributed by atoms with Crippen molar-refractivity contribution in [3.05, 3.63) is 12.5 Å². The van der Waals surface area contributed by atoms with E-state index in [0.717, 1.165) is 32.0 Å². The molecule has 192 valence electrons. The fourth-order valence-corrected chi connectivity index (χ4v) is 6.02.